The molecule has 0 heterocycles. The molecule has 0 aromatic heterocycles. The lowest BCUT2D eigenvalue weighted by Gasteiger charge is -1.84. The van der Waals surface area contributed by atoms with Gasteiger partial charge >= 0.3 is 11.8 Å². The number of hydrogen-bond acceptors (Lipinski definition) is 5. The molecule has 11 heavy (non-hydrogen) atoms. The summed E-state index contributed by atoms with van der Waals surface area (Å²) in [7, 11) is 0. The van der Waals surface area contributed by atoms with Crippen molar-refractivity contribution in [2.24, 2.45) is 0 Å². The van der Waals surface area contributed by atoms with Crippen LogP contribution in [0.3, 0.4) is 0 Å². The van der Waals surface area contributed by atoms with Gasteiger partial charge in [0.2, 0.25) is 26.8 Å². The fourth-order valence-electron chi connectivity index (χ4n) is 0.360. The average Bonchev–Trinajstić information content (AvgIpc) is 2.02. The van der Waals surface area contributed by atoms with Crippen LogP contribution in [0, 0.1) is 10.8 Å². The minimum Gasteiger partial charge on any atom is -0.377 e. The number of rotatable bonds is 3. The van der Waals surface area contributed by atoms with E-state index in [9.17, 15) is 9.59 Å². The molecular formula is C4H4N4O3+2. The van der Waals surface area contributed by atoms with Gasteiger partial charge in [-0.2, -0.15) is 9.59 Å². The van der Waals surface area contributed by atoms with E-state index in [1.165, 1.54) is 0 Å². The molecule has 1 atom stereocenters. The lowest BCUT2D eigenvalue weighted by Crippen LogP contribution is -2.19. The second kappa shape index (κ2) is 4.04. The molecule has 7 nitrogen and oxygen atoms in total. The average molecular weight is 156 g/mol. The molecule has 1 N–H and O–H groups in total. The minimum absolute atomic E-state index is 0.695. The molecule has 0 saturated carbocycles. The van der Waals surface area contributed by atoms with Crippen molar-refractivity contribution in [3.63, 3.8) is 0 Å². The van der Waals surface area contributed by atoms with Crippen LogP contribution in [0.25, 0.3) is 9.95 Å². The standard InChI is InChI=1S/C4H4N4O3/c5-7-3(10)1-2(9)4(11)8-6/h2,9H,1H2/q+2. The molecule has 0 saturated heterocycles. The zero-order valence-corrected chi connectivity index (χ0v) is 5.34. The molecular weight excluding hydrogens is 152 g/mol. The SMILES string of the molecule is N#[N+]C(=O)CC(O)C(=O)[N+]#N. The lowest BCUT2D eigenvalue weighted by molar-refractivity contribution is -0.127. The van der Waals surface area contributed by atoms with Crippen molar-refractivity contribution in [1.29, 1.82) is 10.8 Å². The summed E-state index contributed by atoms with van der Waals surface area (Å²) in [6.07, 6.45) is -2.44. The van der Waals surface area contributed by atoms with Crippen molar-refractivity contribution in [2.75, 3.05) is 0 Å². The summed E-state index contributed by atoms with van der Waals surface area (Å²) in [6.45, 7) is 0. The summed E-state index contributed by atoms with van der Waals surface area (Å²) in [5.74, 6) is -2.31. The van der Waals surface area contributed by atoms with Crippen molar-refractivity contribution in [3.8, 4) is 0 Å². The summed E-state index contributed by atoms with van der Waals surface area (Å²) >= 11 is 0. The molecule has 0 radical (unpaired) electrons. The Morgan fingerprint density at radius 2 is 1.91 bits per heavy atom. The van der Waals surface area contributed by atoms with Gasteiger partial charge in [0, 0.05) is 0 Å². The van der Waals surface area contributed by atoms with Gasteiger partial charge in [0.1, 0.15) is 6.42 Å². The largest absolute Gasteiger partial charge is 0.589 e. The van der Waals surface area contributed by atoms with Gasteiger partial charge in [0.15, 0.2) is 0 Å². The highest BCUT2D eigenvalue weighted by molar-refractivity contribution is 5.95. The van der Waals surface area contributed by atoms with Crippen LogP contribution < -0.4 is 0 Å². The van der Waals surface area contributed by atoms with Crippen LogP contribution in [-0.4, -0.2) is 23.0 Å². The maximum Gasteiger partial charge on any atom is 0.589 e. The first kappa shape index (κ1) is 9.14. The third-order valence-electron chi connectivity index (χ3n) is 0.863. The van der Waals surface area contributed by atoms with E-state index >= 15 is 0 Å². The Bertz CT molecular complexity index is 259. The van der Waals surface area contributed by atoms with Gasteiger partial charge in [-0.05, 0) is 0 Å². The number of carbonyl (C=O) groups is 2. The Labute approximate surface area is 60.9 Å². The molecule has 0 spiro atoms. The van der Waals surface area contributed by atoms with Crippen LogP contribution in [0.2, 0.25) is 0 Å². The van der Waals surface area contributed by atoms with Gasteiger partial charge < -0.3 is 5.11 Å². The smallest absolute Gasteiger partial charge is 0.377 e. The molecule has 1 unspecified atom stereocenters. The highest BCUT2D eigenvalue weighted by Crippen LogP contribution is 1.96. The van der Waals surface area contributed by atoms with Gasteiger partial charge in [0.25, 0.3) is 0 Å². The Balaban J connectivity index is 4.02. The third kappa shape index (κ3) is 2.98. The summed E-state index contributed by atoms with van der Waals surface area (Å²) in [4.78, 5) is 24.7. The number of amides is 2. The van der Waals surface area contributed by atoms with E-state index in [0.29, 0.717) is 0 Å². The summed E-state index contributed by atoms with van der Waals surface area (Å²) in [5.41, 5.74) is 0. The van der Waals surface area contributed by atoms with Crippen LogP contribution in [0.1, 0.15) is 6.42 Å². The second-order valence-electron chi connectivity index (χ2n) is 1.65. The Morgan fingerprint density at radius 1 is 1.36 bits per heavy atom. The molecule has 56 valence electrons. The number of diazo groups is 2. The maximum atomic E-state index is 10.2. The molecule has 2 amide bonds. The highest BCUT2D eigenvalue weighted by Gasteiger charge is 2.34. The van der Waals surface area contributed by atoms with Crippen molar-refractivity contribution < 1.29 is 14.7 Å². The van der Waals surface area contributed by atoms with E-state index in [4.69, 9.17) is 15.9 Å². The first-order chi connectivity index (χ1) is 5.11. The Hall–Kier alpha value is -1.86. The van der Waals surface area contributed by atoms with Crippen molar-refractivity contribution >= 4 is 11.8 Å². The monoisotopic (exact) mass is 156 g/mol. The van der Waals surface area contributed by atoms with E-state index in [0.717, 1.165) is 0 Å². The van der Waals surface area contributed by atoms with Crippen molar-refractivity contribution in [1.82, 2.24) is 0 Å². The highest BCUT2D eigenvalue weighted by atomic mass is 16.3. The van der Waals surface area contributed by atoms with E-state index < -0.39 is 24.3 Å². The predicted molar refractivity (Wildman–Crippen MR) is 30.8 cm³/mol. The summed E-state index contributed by atoms with van der Waals surface area (Å²) < 4.78 is 0. The fraction of sp³-hybridized carbons (Fsp3) is 0.500. The maximum absolute atomic E-state index is 10.2. The Morgan fingerprint density at radius 3 is 2.27 bits per heavy atom. The molecule has 0 aliphatic heterocycles. The van der Waals surface area contributed by atoms with Gasteiger partial charge in [-0.25, -0.2) is 0 Å². The Kier molecular flexibility index (Phi) is 3.35. The topological polar surface area (TPSA) is 111 Å². The fourth-order valence-corrected chi connectivity index (χ4v) is 0.360. The number of nitrogens with zero attached hydrogens (tertiary/aromatic N) is 4. The molecule has 7 heteroatoms. The van der Waals surface area contributed by atoms with Crippen LogP contribution >= 0.6 is 0 Å². The molecule has 0 aliphatic carbocycles. The van der Waals surface area contributed by atoms with Gasteiger partial charge in [-0.15, -0.1) is 0 Å². The number of aliphatic hydroxyl groups is 1. The summed E-state index contributed by atoms with van der Waals surface area (Å²) in [6, 6.07) is 0. The number of carbonyl (C=O) groups excluding carboxylic acids is 2. The predicted octanol–water partition coefficient (Wildman–Crippen LogP) is -0.503. The van der Waals surface area contributed by atoms with Gasteiger partial charge in [-0.3, -0.25) is 0 Å². The minimum atomic E-state index is -1.75. The molecule has 0 aliphatic rings. The second-order valence-corrected chi connectivity index (χ2v) is 1.65. The third-order valence-corrected chi connectivity index (χ3v) is 0.863. The molecule has 0 aromatic rings. The zero-order valence-electron chi connectivity index (χ0n) is 5.34. The van der Waals surface area contributed by atoms with E-state index in [1.54, 1.807) is 0 Å². The van der Waals surface area contributed by atoms with Crippen LogP contribution in [0.4, 0.5) is 0 Å². The van der Waals surface area contributed by atoms with Crippen molar-refractivity contribution in [3.05, 3.63) is 9.95 Å². The van der Waals surface area contributed by atoms with Crippen molar-refractivity contribution in [2.45, 2.75) is 12.5 Å². The summed E-state index contributed by atoms with van der Waals surface area (Å²) in [5, 5.41) is 24.2. The lowest BCUT2D eigenvalue weighted by atomic mass is 10.2. The number of hydrogen-bond donors (Lipinski definition) is 1. The normalized spacial score (nSPS) is 10.8. The molecule has 0 fully saturated rings. The van der Waals surface area contributed by atoms with Crippen LogP contribution in [0.15, 0.2) is 0 Å². The quantitative estimate of drug-likeness (QED) is 0.553. The van der Waals surface area contributed by atoms with E-state index in [2.05, 4.69) is 9.95 Å². The van der Waals surface area contributed by atoms with E-state index in [-0.39, 0.29) is 0 Å². The zero-order chi connectivity index (χ0) is 8.85. The number of aliphatic hydroxyl groups excluding tert-OH is 1. The van der Waals surface area contributed by atoms with Gasteiger partial charge in [0.05, 0.1) is 0 Å². The van der Waals surface area contributed by atoms with E-state index in [1.807, 2.05) is 0 Å². The first-order valence-corrected chi connectivity index (χ1v) is 2.56. The van der Waals surface area contributed by atoms with Gasteiger partial charge in [-0.1, -0.05) is 0 Å². The van der Waals surface area contributed by atoms with Crippen LogP contribution in [-0.2, 0) is 9.59 Å². The molecule has 0 rings (SSSR count). The molecule has 0 aromatic carbocycles. The van der Waals surface area contributed by atoms with Crippen LogP contribution in [0.5, 0.6) is 0 Å². The molecule has 0 bridgehead atoms. The first-order valence-electron chi connectivity index (χ1n) is 2.56.